The standard InChI is InChI=1S/C14H24ClN3/c1-9(2)6-12(15)8-16-13-7-11(5)17-14(18-13)10(3)4/h7,9-10,12H,6,8H2,1-5H3,(H,16,17,18). The van der Waals surface area contributed by atoms with Crippen molar-refractivity contribution in [1.82, 2.24) is 9.97 Å². The molecule has 1 aromatic heterocycles. The van der Waals surface area contributed by atoms with Crippen molar-refractivity contribution in [3.63, 3.8) is 0 Å². The topological polar surface area (TPSA) is 37.8 Å². The molecule has 18 heavy (non-hydrogen) atoms. The highest BCUT2D eigenvalue weighted by molar-refractivity contribution is 6.20. The summed E-state index contributed by atoms with van der Waals surface area (Å²) in [4.78, 5) is 8.93. The Bertz CT molecular complexity index is 377. The fraction of sp³-hybridized carbons (Fsp3) is 0.714. The molecule has 102 valence electrons. The first kappa shape index (κ1) is 15.2. The van der Waals surface area contributed by atoms with Crippen molar-refractivity contribution < 1.29 is 0 Å². The van der Waals surface area contributed by atoms with Crippen molar-refractivity contribution in [3.8, 4) is 0 Å². The van der Waals surface area contributed by atoms with Crippen molar-refractivity contribution in [3.05, 3.63) is 17.6 Å². The van der Waals surface area contributed by atoms with E-state index >= 15 is 0 Å². The Morgan fingerprint density at radius 1 is 1.22 bits per heavy atom. The number of aromatic nitrogens is 2. The summed E-state index contributed by atoms with van der Waals surface area (Å²) >= 11 is 6.26. The van der Waals surface area contributed by atoms with Crippen LogP contribution in [0.3, 0.4) is 0 Å². The van der Waals surface area contributed by atoms with Crippen molar-refractivity contribution in [1.29, 1.82) is 0 Å². The molecular formula is C14H24ClN3. The average molecular weight is 270 g/mol. The zero-order chi connectivity index (χ0) is 13.7. The van der Waals surface area contributed by atoms with Gasteiger partial charge in [0.1, 0.15) is 11.6 Å². The molecule has 0 aliphatic heterocycles. The normalized spacial score (nSPS) is 13.1. The monoisotopic (exact) mass is 269 g/mol. The summed E-state index contributed by atoms with van der Waals surface area (Å²) in [7, 11) is 0. The zero-order valence-corrected chi connectivity index (χ0v) is 12.8. The number of halogens is 1. The van der Waals surface area contributed by atoms with Crippen molar-refractivity contribution >= 4 is 17.4 Å². The van der Waals surface area contributed by atoms with Crippen LogP contribution in [0.5, 0.6) is 0 Å². The maximum Gasteiger partial charge on any atom is 0.133 e. The second kappa shape index (κ2) is 6.93. The summed E-state index contributed by atoms with van der Waals surface area (Å²) in [5.41, 5.74) is 0.992. The molecule has 0 aromatic carbocycles. The maximum atomic E-state index is 6.26. The van der Waals surface area contributed by atoms with Gasteiger partial charge in [-0.2, -0.15) is 0 Å². The van der Waals surface area contributed by atoms with E-state index in [0.717, 1.165) is 30.3 Å². The zero-order valence-electron chi connectivity index (χ0n) is 12.0. The molecule has 0 amide bonds. The summed E-state index contributed by atoms with van der Waals surface area (Å²) in [6, 6.07) is 1.96. The maximum absolute atomic E-state index is 6.26. The largest absolute Gasteiger partial charge is 0.368 e. The molecule has 0 aliphatic rings. The van der Waals surface area contributed by atoms with Gasteiger partial charge in [0, 0.05) is 24.2 Å². The predicted molar refractivity (Wildman–Crippen MR) is 78.4 cm³/mol. The van der Waals surface area contributed by atoms with E-state index in [4.69, 9.17) is 11.6 Å². The van der Waals surface area contributed by atoms with Gasteiger partial charge in [-0.1, -0.05) is 27.7 Å². The Kier molecular flexibility index (Phi) is 5.86. The van der Waals surface area contributed by atoms with Crippen LogP contribution in [-0.2, 0) is 0 Å². The molecule has 0 radical (unpaired) electrons. The lowest BCUT2D eigenvalue weighted by Gasteiger charge is -2.14. The van der Waals surface area contributed by atoms with Gasteiger partial charge in [-0.3, -0.25) is 0 Å². The third kappa shape index (κ3) is 5.21. The Hall–Kier alpha value is -0.830. The van der Waals surface area contributed by atoms with Gasteiger partial charge in [-0.25, -0.2) is 9.97 Å². The third-order valence-electron chi connectivity index (χ3n) is 2.62. The fourth-order valence-corrected chi connectivity index (χ4v) is 2.18. The van der Waals surface area contributed by atoms with Crippen LogP contribution in [0.2, 0.25) is 0 Å². The van der Waals surface area contributed by atoms with Crippen LogP contribution in [0.4, 0.5) is 5.82 Å². The van der Waals surface area contributed by atoms with Crippen molar-refractivity contribution in [2.75, 3.05) is 11.9 Å². The van der Waals surface area contributed by atoms with E-state index in [1.165, 1.54) is 0 Å². The molecule has 0 saturated carbocycles. The Labute approximate surface area is 115 Å². The molecule has 0 spiro atoms. The van der Waals surface area contributed by atoms with E-state index < -0.39 is 0 Å². The first-order valence-corrected chi connectivity index (χ1v) is 7.05. The van der Waals surface area contributed by atoms with Gasteiger partial charge in [0.15, 0.2) is 0 Å². The van der Waals surface area contributed by atoms with Crippen LogP contribution < -0.4 is 5.32 Å². The lowest BCUT2D eigenvalue weighted by molar-refractivity contribution is 0.572. The van der Waals surface area contributed by atoms with E-state index in [2.05, 4.69) is 43.0 Å². The van der Waals surface area contributed by atoms with Crippen molar-refractivity contribution in [2.24, 2.45) is 5.92 Å². The number of nitrogens with zero attached hydrogens (tertiary/aromatic N) is 2. The first-order valence-electron chi connectivity index (χ1n) is 6.62. The summed E-state index contributed by atoms with van der Waals surface area (Å²) in [6.45, 7) is 11.3. The van der Waals surface area contributed by atoms with Crippen LogP contribution in [0.1, 0.15) is 51.6 Å². The molecule has 1 unspecified atom stereocenters. The second-order valence-corrected chi connectivity index (χ2v) is 6.13. The summed E-state index contributed by atoms with van der Waals surface area (Å²) in [5.74, 6) is 2.72. The van der Waals surface area contributed by atoms with Crippen LogP contribution >= 0.6 is 11.6 Å². The number of nitrogens with one attached hydrogen (secondary N) is 1. The highest BCUT2D eigenvalue weighted by atomic mass is 35.5. The van der Waals surface area contributed by atoms with E-state index in [9.17, 15) is 0 Å². The smallest absolute Gasteiger partial charge is 0.133 e. The lowest BCUT2D eigenvalue weighted by Crippen LogP contribution is -2.17. The molecule has 1 aromatic rings. The molecular weight excluding hydrogens is 246 g/mol. The SMILES string of the molecule is Cc1cc(NCC(Cl)CC(C)C)nc(C(C)C)n1. The van der Waals surface area contributed by atoms with E-state index in [0.29, 0.717) is 11.8 Å². The predicted octanol–water partition coefficient (Wildman–Crippen LogP) is 3.97. The number of hydrogen-bond donors (Lipinski definition) is 1. The van der Waals surface area contributed by atoms with Crippen molar-refractivity contribution in [2.45, 2.75) is 52.3 Å². The number of rotatable bonds is 6. The van der Waals surface area contributed by atoms with Crippen LogP contribution in [0.25, 0.3) is 0 Å². The minimum absolute atomic E-state index is 0.141. The van der Waals surface area contributed by atoms with E-state index in [1.807, 2.05) is 13.0 Å². The molecule has 4 heteroatoms. The highest BCUT2D eigenvalue weighted by Gasteiger charge is 2.09. The molecule has 1 atom stereocenters. The Balaban J connectivity index is 2.62. The number of alkyl halides is 1. The molecule has 1 heterocycles. The Morgan fingerprint density at radius 3 is 2.44 bits per heavy atom. The average Bonchev–Trinajstić information content (AvgIpc) is 2.24. The lowest BCUT2D eigenvalue weighted by atomic mass is 10.1. The van der Waals surface area contributed by atoms with Gasteiger partial charge in [-0.05, 0) is 19.3 Å². The minimum atomic E-state index is 0.141. The van der Waals surface area contributed by atoms with Gasteiger partial charge >= 0.3 is 0 Å². The molecule has 1 N–H and O–H groups in total. The van der Waals surface area contributed by atoms with Crippen LogP contribution in [0, 0.1) is 12.8 Å². The highest BCUT2D eigenvalue weighted by Crippen LogP contribution is 2.15. The number of aryl methyl sites for hydroxylation is 1. The summed E-state index contributed by atoms with van der Waals surface area (Å²) in [6.07, 6.45) is 1.01. The third-order valence-corrected chi connectivity index (χ3v) is 2.95. The van der Waals surface area contributed by atoms with Gasteiger partial charge in [0.05, 0.1) is 5.38 Å². The summed E-state index contributed by atoms with van der Waals surface area (Å²) < 4.78 is 0. The van der Waals surface area contributed by atoms with Gasteiger partial charge < -0.3 is 5.32 Å². The van der Waals surface area contributed by atoms with E-state index in [1.54, 1.807) is 0 Å². The van der Waals surface area contributed by atoms with E-state index in [-0.39, 0.29) is 5.38 Å². The first-order chi connectivity index (χ1) is 8.38. The molecule has 0 aliphatic carbocycles. The summed E-state index contributed by atoms with van der Waals surface area (Å²) in [5, 5.41) is 3.44. The Morgan fingerprint density at radius 2 is 1.89 bits per heavy atom. The van der Waals surface area contributed by atoms with Gasteiger partial charge in [-0.15, -0.1) is 11.6 Å². The second-order valence-electron chi connectivity index (χ2n) is 5.52. The molecule has 0 fully saturated rings. The van der Waals surface area contributed by atoms with Crippen LogP contribution in [-0.4, -0.2) is 21.9 Å². The van der Waals surface area contributed by atoms with Gasteiger partial charge in [0.2, 0.25) is 0 Å². The molecule has 0 saturated heterocycles. The van der Waals surface area contributed by atoms with Crippen LogP contribution in [0.15, 0.2) is 6.07 Å². The van der Waals surface area contributed by atoms with Gasteiger partial charge in [0.25, 0.3) is 0 Å². The number of hydrogen-bond acceptors (Lipinski definition) is 3. The molecule has 3 nitrogen and oxygen atoms in total. The minimum Gasteiger partial charge on any atom is -0.368 e. The molecule has 0 bridgehead atoms. The number of anilines is 1. The molecule has 1 rings (SSSR count). The fourth-order valence-electron chi connectivity index (χ4n) is 1.75. The quantitative estimate of drug-likeness (QED) is 0.794.